The number of phenolic OH excluding ortho intramolecular Hbond substituents is 1. The van der Waals surface area contributed by atoms with Crippen LogP contribution in [-0.2, 0) is 0 Å². The van der Waals surface area contributed by atoms with Gasteiger partial charge < -0.3 is 5.11 Å². The van der Waals surface area contributed by atoms with Gasteiger partial charge in [0.15, 0.2) is 0 Å². The summed E-state index contributed by atoms with van der Waals surface area (Å²) in [7, 11) is 0. The molecule has 20 heavy (non-hydrogen) atoms. The Morgan fingerprint density at radius 1 is 0.800 bits per heavy atom. The summed E-state index contributed by atoms with van der Waals surface area (Å²) >= 11 is 5.98. The van der Waals surface area contributed by atoms with Crippen LogP contribution in [0.2, 0.25) is 5.02 Å². The van der Waals surface area contributed by atoms with E-state index in [1.165, 1.54) is 0 Å². The first kappa shape index (κ1) is 11.4. The Morgan fingerprint density at radius 3 is 2.45 bits per heavy atom. The Kier molecular flexibility index (Phi) is 2.32. The lowest BCUT2D eigenvalue weighted by Gasteiger charge is -2.06. The molecule has 0 aliphatic carbocycles. The van der Waals surface area contributed by atoms with Gasteiger partial charge in [-0.25, -0.2) is 9.97 Å². The summed E-state index contributed by atoms with van der Waals surface area (Å²) in [4.78, 5) is 9.20. The van der Waals surface area contributed by atoms with Crippen molar-refractivity contribution >= 4 is 44.4 Å². The number of aromatic nitrogens is 2. The second kappa shape index (κ2) is 4.05. The summed E-state index contributed by atoms with van der Waals surface area (Å²) in [6.07, 6.45) is 0. The molecule has 0 bridgehead atoms. The molecule has 0 saturated carbocycles. The van der Waals surface area contributed by atoms with Gasteiger partial charge in [-0.3, -0.25) is 0 Å². The van der Waals surface area contributed by atoms with Crippen LogP contribution in [0, 0.1) is 0 Å². The van der Waals surface area contributed by atoms with Gasteiger partial charge in [-0.15, -0.1) is 0 Å². The zero-order valence-corrected chi connectivity index (χ0v) is 11.1. The highest BCUT2D eigenvalue weighted by atomic mass is 35.5. The topological polar surface area (TPSA) is 46.0 Å². The molecule has 0 aliphatic rings. The lowest BCUT2D eigenvalue weighted by Crippen LogP contribution is -1.89. The van der Waals surface area contributed by atoms with Gasteiger partial charge in [-0.2, -0.15) is 0 Å². The Morgan fingerprint density at radius 2 is 1.60 bits per heavy atom. The van der Waals surface area contributed by atoms with Crippen LogP contribution in [0.5, 0.6) is 5.75 Å². The van der Waals surface area contributed by atoms with E-state index in [0.29, 0.717) is 10.5 Å². The largest absolute Gasteiger partial charge is 0.507 e. The molecule has 1 heterocycles. The number of halogens is 1. The first-order chi connectivity index (χ1) is 9.72. The maximum Gasteiger partial charge on any atom is 0.125 e. The van der Waals surface area contributed by atoms with E-state index >= 15 is 0 Å². The molecule has 0 fully saturated rings. The van der Waals surface area contributed by atoms with Crippen LogP contribution in [-0.4, -0.2) is 15.1 Å². The SMILES string of the molecule is Oc1cc2nc3cc(Cl)ccc3nc2c2ccccc12. The minimum Gasteiger partial charge on any atom is -0.507 e. The molecule has 3 aromatic carbocycles. The van der Waals surface area contributed by atoms with Crippen molar-refractivity contribution in [2.45, 2.75) is 0 Å². The van der Waals surface area contributed by atoms with E-state index in [2.05, 4.69) is 9.97 Å². The summed E-state index contributed by atoms with van der Waals surface area (Å²) in [6, 6.07) is 14.7. The van der Waals surface area contributed by atoms with Crippen molar-refractivity contribution in [3.8, 4) is 5.75 Å². The first-order valence-electron chi connectivity index (χ1n) is 6.20. The van der Waals surface area contributed by atoms with Crippen molar-refractivity contribution in [1.29, 1.82) is 0 Å². The minimum absolute atomic E-state index is 0.212. The molecule has 0 atom stereocenters. The lowest BCUT2D eigenvalue weighted by atomic mass is 10.1. The molecule has 4 aromatic rings. The van der Waals surface area contributed by atoms with Crippen LogP contribution in [0.3, 0.4) is 0 Å². The molecule has 0 radical (unpaired) electrons. The number of hydrogen-bond donors (Lipinski definition) is 1. The molecule has 96 valence electrons. The molecular weight excluding hydrogens is 272 g/mol. The summed E-state index contributed by atoms with van der Waals surface area (Å²) in [5.41, 5.74) is 2.96. The Labute approximate surface area is 119 Å². The number of hydrogen-bond acceptors (Lipinski definition) is 3. The van der Waals surface area contributed by atoms with Gasteiger partial charge in [-0.05, 0) is 18.2 Å². The maximum absolute atomic E-state index is 10.1. The quantitative estimate of drug-likeness (QED) is 0.386. The summed E-state index contributed by atoms with van der Waals surface area (Å²) in [6.45, 7) is 0. The van der Waals surface area contributed by atoms with Crippen molar-refractivity contribution in [2.75, 3.05) is 0 Å². The van der Waals surface area contributed by atoms with Crippen molar-refractivity contribution in [1.82, 2.24) is 9.97 Å². The number of aromatic hydroxyl groups is 1. The highest BCUT2D eigenvalue weighted by Crippen LogP contribution is 2.32. The van der Waals surface area contributed by atoms with Gasteiger partial charge >= 0.3 is 0 Å². The van der Waals surface area contributed by atoms with Crippen LogP contribution in [0.4, 0.5) is 0 Å². The Hall–Kier alpha value is -2.39. The Balaban J connectivity index is 2.25. The number of benzene rings is 3. The van der Waals surface area contributed by atoms with Gasteiger partial charge in [0.05, 0.1) is 22.1 Å². The van der Waals surface area contributed by atoms with Crippen LogP contribution in [0.1, 0.15) is 0 Å². The van der Waals surface area contributed by atoms with E-state index < -0.39 is 0 Å². The van der Waals surface area contributed by atoms with Crippen LogP contribution in [0.25, 0.3) is 32.8 Å². The van der Waals surface area contributed by atoms with Gasteiger partial charge in [0, 0.05) is 21.9 Å². The predicted octanol–water partition coefficient (Wildman–Crippen LogP) is 4.30. The van der Waals surface area contributed by atoms with Gasteiger partial charge in [-0.1, -0.05) is 35.9 Å². The number of rotatable bonds is 0. The predicted molar refractivity (Wildman–Crippen MR) is 81.2 cm³/mol. The highest BCUT2D eigenvalue weighted by Gasteiger charge is 2.09. The second-order valence-electron chi connectivity index (χ2n) is 4.67. The van der Waals surface area contributed by atoms with E-state index in [9.17, 15) is 5.11 Å². The molecule has 0 saturated heterocycles. The fourth-order valence-corrected chi connectivity index (χ4v) is 2.63. The van der Waals surface area contributed by atoms with Gasteiger partial charge in [0.2, 0.25) is 0 Å². The normalized spacial score (nSPS) is 11.4. The average Bonchev–Trinajstić information content (AvgIpc) is 2.46. The molecule has 0 unspecified atom stereocenters. The zero-order valence-electron chi connectivity index (χ0n) is 10.3. The monoisotopic (exact) mass is 280 g/mol. The van der Waals surface area contributed by atoms with E-state index in [-0.39, 0.29) is 5.75 Å². The van der Waals surface area contributed by atoms with Crippen molar-refractivity contribution in [3.63, 3.8) is 0 Å². The second-order valence-corrected chi connectivity index (χ2v) is 5.10. The molecule has 3 nitrogen and oxygen atoms in total. The van der Waals surface area contributed by atoms with Gasteiger partial charge in [0.25, 0.3) is 0 Å². The third-order valence-corrected chi connectivity index (χ3v) is 3.62. The third-order valence-electron chi connectivity index (χ3n) is 3.38. The summed E-state index contributed by atoms with van der Waals surface area (Å²) < 4.78 is 0. The van der Waals surface area contributed by atoms with E-state index in [1.807, 2.05) is 30.3 Å². The number of fused-ring (bicyclic) bond motifs is 4. The summed E-state index contributed by atoms with van der Waals surface area (Å²) in [5.74, 6) is 0.212. The number of phenols is 1. The molecule has 0 spiro atoms. The summed E-state index contributed by atoms with van der Waals surface area (Å²) in [5, 5.41) is 12.4. The van der Waals surface area contributed by atoms with Crippen LogP contribution >= 0.6 is 11.6 Å². The molecule has 4 rings (SSSR count). The molecule has 4 heteroatoms. The molecule has 0 aliphatic heterocycles. The van der Waals surface area contributed by atoms with Gasteiger partial charge in [0.1, 0.15) is 5.75 Å². The maximum atomic E-state index is 10.1. The minimum atomic E-state index is 0.212. The zero-order chi connectivity index (χ0) is 13.7. The lowest BCUT2D eigenvalue weighted by molar-refractivity contribution is 0.482. The average molecular weight is 281 g/mol. The van der Waals surface area contributed by atoms with Crippen LogP contribution in [0.15, 0.2) is 48.5 Å². The molecule has 1 N–H and O–H groups in total. The van der Waals surface area contributed by atoms with E-state index in [0.717, 1.165) is 27.3 Å². The smallest absolute Gasteiger partial charge is 0.125 e. The van der Waals surface area contributed by atoms with E-state index in [1.54, 1.807) is 18.2 Å². The van der Waals surface area contributed by atoms with Crippen molar-refractivity contribution < 1.29 is 5.11 Å². The molecular formula is C16H9ClN2O. The Bertz CT molecular complexity index is 982. The van der Waals surface area contributed by atoms with Crippen molar-refractivity contribution in [3.05, 3.63) is 53.6 Å². The third kappa shape index (κ3) is 1.60. The highest BCUT2D eigenvalue weighted by molar-refractivity contribution is 6.31. The molecule has 0 amide bonds. The number of nitrogens with zero attached hydrogens (tertiary/aromatic N) is 2. The first-order valence-corrected chi connectivity index (χ1v) is 6.58. The fourth-order valence-electron chi connectivity index (χ4n) is 2.46. The standard InChI is InChI=1S/C16H9ClN2O/c17-9-5-6-12-13(7-9)18-14-8-15(20)10-3-1-2-4-11(10)16(14)19-12/h1-8,20H. The van der Waals surface area contributed by atoms with Crippen LogP contribution < -0.4 is 0 Å². The fraction of sp³-hybridized carbons (Fsp3) is 0. The molecule has 1 aromatic heterocycles. The van der Waals surface area contributed by atoms with E-state index in [4.69, 9.17) is 11.6 Å². The van der Waals surface area contributed by atoms with Crippen molar-refractivity contribution in [2.24, 2.45) is 0 Å².